The van der Waals surface area contributed by atoms with Crippen molar-refractivity contribution in [2.75, 3.05) is 32.1 Å². The van der Waals surface area contributed by atoms with Crippen molar-refractivity contribution in [3.8, 4) is 11.5 Å². The number of piperidine rings is 1. The number of methoxy groups -OCH3 is 1. The van der Waals surface area contributed by atoms with Crippen LogP contribution in [0.2, 0.25) is 0 Å². The van der Waals surface area contributed by atoms with Crippen molar-refractivity contribution in [3.05, 3.63) is 89.7 Å². The number of anilines is 1. The van der Waals surface area contributed by atoms with E-state index in [0.717, 1.165) is 80.9 Å². The first-order chi connectivity index (χ1) is 19.4. The van der Waals surface area contributed by atoms with Crippen LogP contribution in [-0.2, 0) is 4.79 Å². The van der Waals surface area contributed by atoms with Crippen LogP contribution in [0, 0.1) is 11.7 Å². The number of amides is 1. The quantitative estimate of drug-likeness (QED) is 0.221. The van der Waals surface area contributed by atoms with Gasteiger partial charge in [0.2, 0.25) is 5.91 Å². The highest BCUT2D eigenvalue weighted by Gasteiger charge is 2.21. The second kappa shape index (κ2) is 14.8. The number of halogens is 1. The maximum atomic E-state index is 13.5. The van der Waals surface area contributed by atoms with Crippen molar-refractivity contribution < 1.29 is 18.7 Å². The standard InChI is InChI=1S/C34H43FN2O3/c1-25(2)34(38)36-30-9-7-8-28(24-30)26-19-22-37(23-20-26)21-6-4-5-10-33(27-11-13-29(35)14-12-27)40-32-17-15-31(39-3)16-18-32/h7-9,11-18,24-26,33H,4-6,10,19-23H2,1-3H3,(H,36,38). The molecule has 1 fully saturated rings. The van der Waals surface area contributed by atoms with Gasteiger partial charge in [-0.25, -0.2) is 4.39 Å². The maximum Gasteiger partial charge on any atom is 0.226 e. The zero-order valence-corrected chi connectivity index (χ0v) is 24.1. The average Bonchev–Trinajstić information content (AvgIpc) is 2.97. The highest BCUT2D eigenvalue weighted by atomic mass is 19.1. The number of nitrogens with one attached hydrogen (secondary N) is 1. The lowest BCUT2D eigenvalue weighted by Gasteiger charge is -2.32. The SMILES string of the molecule is COc1ccc(OC(CCCCCN2CCC(c3cccc(NC(=O)C(C)C)c3)CC2)c2ccc(F)cc2)cc1. The Balaban J connectivity index is 1.21. The third kappa shape index (κ3) is 8.82. The van der Waals surface area contributed by atoms with Gasteiger partial charge in [-0.1, -0.05) is 44.5 Å². The maximum absolute atomic E-state index is 13.5. The first kappa shape index (κ1) is 29.6. The Kier molecular flexibility index (Phi) is 11.0. The summed E-state index contributed by atoms with van der Waals surface area (Å²) >= 11 is 0. The summed E-state index contributed by atoms with van der Waals surface area (Å²) in [4.78, 5) is 14.6. The molecule has 0 bridgehead atoms. The highest BCUT2D eigenvalue weighted by Crippen LogP contribution is 2.31. The van der Waals surface area contributed by atoms with E-state index < -0.39 is 0 Å². The van der Waals surface area contributed by atoms with E-state index >= 15 is 0 Å². The number of unbranched alkanes of at least 4 members (excludes halogenated alkanes) is 2. The number of hydrogen-bond acceptors (Lipinski definition) is 4. The Labute approximate surface area is 238 Å². The van der Waals surface area contributed by atoms with Crippen LogP contribution in [0.1, 0.15) is 75.5 Å². The summed E-state index contributed by atoms with van der Waals surface area (Å²) in [5.74, 6) is 1.91. The van der Waals surface area contributed by atoms with Gasteiger partial charge in [0.25, 0.3) is 0 Å². The van der Waals surface area contributed by atoms with E-state index in [2.05, 4.69) is 28.4 Å². The molecule has 0 saturated carbocycles. The fraction of sp³-hybridized carbons (Fsp3) is 0.441. The van der Waals surface area contributed by atoms with Crippen LogP contribution in [0.3, 0.4) is 0 Å². The number of rotatable bonds is 13. The zero-order valence-electron chi connectivity index (χ0n) is 24.1. The van der Waals surface area contributed by atoms with E-state index in [4.69, 9.17) is 9.47 Å². The number of carbonyl (C=O) groups excluding carboxylic acids is 1. The van der Waals surface area contributed by atoms with Gasteiger partial charge in [0, 0.05) is 11.6 Å². The topological polar surface area (TPSA) is 50.8 Å². The number of benzene rings is 3. The Bertz CT molecular complexity index is 1190. The summed E-state index contributed by atoms with van der Waals surface area (Å²) in [6.45, 7) is 7.14. The fourth-order valence-electron chi connectivity index (χ4n) is 5.28. The van der Waals surface area contributed by atoms with Crippen molar-refractivity contribution in [2.45, 2.75) is 64.4 Å². The molecule has 1 aliphatic heterocycles. The lowest BCUT2D eigenvalue weighted by atomic mass is 9.89. The van der Waals surface area contributed by atoms with Crippen LogP contribution in [-0.4, -0.2) is 37.6 Å². The number of ether oxygens (including phenoxy) is 2. The Morgan fingerprint density at radius 2 is 1.65 bits per heavy atom. The van der Waals surface area contributed by atoms with Gasteiger partial charge in [-0.3, -0.25) is 4.79 Å². The van der Waals surface area contributed by atoms with Gasteiger partial charge in [0.05, 0.1) is 7.11 Å². The van der Waals surface area contributed by atoms with Gasteiger partial charge >= 0.3 is 0 Å². The smallest absolute Gasteiger partial charge is 0.226 e. The first-order valence-corrected chi connectivity index (χ1v) is 14.6. The molecule has 1 saturated heterocycles. The second-order valence-corrected chi connectivity index (χ2v) is 11.1. The normalized spacial score (nSPS) is 15.1. The second-order valence-electron chi connectivity index (χ2n) is 11.1. The molecule has 40 heavy (non-hydrogen) atoms. The molecule has 1 amide bonds. The van der Waals surface area contributed by atoms with Gasteiger partial charge in [0.15, 0.2) is 0 Å². The van der Waals surface area contributed by atoms with Gasteiger partial charge in [-0.05, 0) is 117 Å². The highest BCUT2D eigenvalue weighted by molar-refractivity contribution is 5.92. The summed E-state index contributed by atoms with van der Waals surface area (Å²) in [6, 6.07) is 22.6. The van der Waals surface area contributed by atoms with Crippen LogP contribution in [0.15, 0.2) is 72.8 Å². The van der Waals surface area contributed by atoms with E-state index in [0.29, 0.717) is 5.92 Å². The predicted octanol–water partition coefficient (Wildman–Crippen LogP) is 7.99. The van der Waals surface area contributed by atoms with Crippen LogP contribution >= 0.6 is 0 Å². The molecule has 0 aromatic heterocycles. The number of hydrogen-bond donors (Lipinski definition) is 1. The number of carbonyl (C=O) groups is 1. The molecular weight excluding hydrogens is 503 g/mol. The molecule has 3 aromatic rings. The zero-order chi connectivity index (χ0) is 28.3. The Hall–Kier alpha value is -3.38. The fourth-order valence-corrected chi connectivity index (χ4v) is 5.28. The molecule has 214 valence electrons. The largest absolute Gasteiger partial charge is 0.497 e. The van der Waals surface area contributed by atoms with Gasteiger partial charge in [-0.2, -0.15) is 0 Å². The molecule has 4 rings (SSSR count). The van der Waals surface area contributed by atoms with Gasteiger partial charge in [0.1, 0.15) is 23.4 Å². The van der Waals surface area contributed by atoms with Crippen molar-refractivity contribution >= 4 is 11.6 Å². The van der Waals surface area contributed by atoms with E-state index in [1.54, 1.807) is 7.11 Å². The molecule has 1 heterocycles. The van der Waals surface area contributed by atoms with E-state index in [-0.39, 0.29) is 23.7 Å². The molecule has 0 aliphatic carbocycles. The van der Waals surface area contributed by atoms with Gasteiger partial charge < -0.3 is 19.7 Å². The van der Waals surface area contributed by atoms with E-state index in [1.807, 2.05) is 56.3 Å². The minimum Gasteiger partial charge on any atom is -0.497 e. The third-order valence-electron chi connectivity index (χ3n) is 7.76. The van der Waals surface area contributed by atoms with Crippen LogP contribution in [0.4, 0.5) is 10.1 Å². The molecule has 1 unspecified atom stereocenters. The summed E-state index contributed by atoms with van der Waals surface area (Å²) in [7, 11) is 1.65. The molecule has 3 aromatic carbocycles. The molecule has 0 radical (unpaired) electrons. The lowest BCUT2D eigenvalue weighted by Crippen LogP contribution is -2.33. The third-order valence-corrected chi connectivity index (χ3v) is 7.76. The number of nitrogens with zero attached hydrogens (tertiary/aromatic N) is 1. The average molecular weight is 547 g/mol. The molecular formula is C34H43FN2O3. The molecule has 5 nitrogen and oxygen atoms in total. The summed E-state index contributed by atoms with van der Waals surface area (Å²) in [6.07, 6.45) is 6.37. The minimum atomic E-state index is -0.235. The molecule has 1 atom stereocenters. The monoisotopic (exact) mass is 546 g/mol. The van der Waals surface area contributed by atoms with Crippen molar-refractivity contribution in [1.82, 2.24) is 4.90 Å². The van der Waals surface area contributed by atoms with Crippen molar-refractivity contribution in [2.24, 2.45) is 5.92 Å². The van der Waals surface area contributed by atoms with Gasteiger partial charge in [-0.15, -0.1) is 0 Å². The predicted molar refractivity (Wildman–Crippen MR) is 160 cm³/mol. The van der Waals surface area contributed by atoms with E-state index in [9.17, 15) is 9.18 Å². The summed E-state index contributed by atoms with van der Waals surface area (Å²) < 4.78 is 25.1. The minimum absolute atomic E-state index is 0.0262. The van der Waals surface area contributed by atoms with Crippen molar-refractivity contribution in [1.29, 1.82) is 0 Å². The molecule has 1 aliphatic rings. The molecule has 6 heteroatoms. The first-order valence-electron chi connectivity index (χ1n) is 14.6. The van der Waals surface area contributed by atoms with E-state index in [1.165, 1.54) is 17.7 Å². The van der Waals surface area contributed by atoms with Crippen LogP contribution in [0.5, 0.6) is 11.5 Å². The summed E-state index contributed by atoms with van der Waals surface area (Å²) in [5, 5.41) is 3.03. The molecule has 0 spiro atoms. The summed E-state index contributed by atoms with van der Waals surface area (Å²) in [5.41, 5.74) is 3.21. The molecule has 1 N–H and O–H groups in total. The van der Waals surface area contributed by atoms with Crippen LogP contribution in [0.25, 0.3) is 0 Å². The van der Waals surface area contributed by atoms with Crippen LogP contribution < -0.4 is 14.8 Å². The number of likely N-dealkylation sites (tertiary alicyclic amines) is 1. The van der Waals surface area contributed by atoms with Crippen molar-refractivity contribution in [3.63, 3.8) is 0 Å². The Morgan fingerprint density at radius 3 is 2.33 bits per heavy atom. The Morgan fingerprint density at radius 1 is 0.950 bits per heavy atom. The lowest BCUT2D eigenvalue weighted by molar-refractivity contribution is -0.118.